The number of hydrogen-bond acceptors (Lipinski definition) is 3. The minimum absolute atomic E-state index is 0.152. The number of fused-ring (bicyclic) bond motifs is 1. The van der Waals surface area contributed by atoms with Crippen LogP contribution in [0.1, 0.15) is 38.5 Å². The molecule has 0 aliphatic heterocycles. The van der Waals surface area contributed by atoms with Crippen LogP contribution in [0.5, 0.6) is 5.75 Å². The van der Waals surface area contributed by atoms with E-state index in [1.54, 1.807) is 0 Å². The summed E-state index contributed by atoms with van der Waals surface area (Å²) in [7, 11) is 1.49. The highest BCUT2D eigenvalue weighted by Crippen LogP contribution is 2.32. The predicted molar refractivity (Wildman–Crippen MR) is 77.3 cm³/mol. The minimum Gasteiger partial charge on any atom is -0.496 e. The lowest BCUT2D eigenvalue weighted by Crippen LogP contribution is -2.02. The Hall–Kier alpha value is -1.68. The summed E-state index contributed by atoms with van der Waals surface area (Å²) in [5.74, 6) is -0.154. The van der Waals surface area contributed by atoms with Crippen LogP contribution in [-0.2, 0) is 12.8 Å². The zero-order chi connectivity index (χ0) is 14.1. The molecule has 1 aromatic heterocycles. The van der Waals surface area contributed by atoms with Gasteiger partial charge in [-0.25, -0.2) is 4.39 Å². The van der Waals surface area contributed by atoms with E-state index in [0.717, 1.165) is 12.8 Å². The average Bonchev–Trinajstić information content (AvgIpc) is 2.90. The molecule has 0 bridgehead atoms. The molecule has 1 aromatic carbocycles. The number of thiophene rings is 1. The topological polar surface area (TPSA) is 26.3 Å². The third kappa shape index (κ3) is 2.36. The van der Waals surface area contributed by atoms with Gasteiger partial charge in [-0.15, -0.1) is 11.3 Å². The highest BCUT2D eigenvalue weighted by atomic mass is 32.1. The summed E-state index contributed by atoms with van der Waals surface area (Å²) >= 11 is 1.54. The molecule has 2 nitrogen and oxygen atoms in total. The molecule has 3 rings (SSSR count). The standard InChI is InChI=1S/C16H15FO2S/c1-19-13-7-6-11(17)9-12(13)16(18)15-8-10-4-2-3-5-14(10)20-15/h6-9H,2-5H2,1H3. The molecule has 0 radical (unpaired) electrons. The van der Waals surface area contributed by atoms with Gasteiger partial charge in [-0.05, 0) is 55.5 Å². The van der Waals surface area contributed by atoms with Crippen molar-refractivity contribution in [2.75, 3.05) is 7.11 Å². The molecule has 0 fully saturated rings. The van der Waals surface area contributed by atoms with Gasteiger partial charge in [-0.1, -0.05) is 0 Å². The largest absolute Gasteiger partial charge is 0.496 e. The molecular formula is C16H15FO2S. The lowest BCUT2D eigenvalue weighted by molar-refractivity contribution is 0.103. The smallest absolute Gasteiger partial charge is 0.206 e. The molecule has 0 amide bonds. The molecule has 1 aliphatic carbocycles. The summed E-state index contributed by atoms with van der Waals surface area (Å²) < 4.78 is 18.5. The van der Waals surface area contributed by atoms with Crippen LogP contribution < -0.4 is 4.74 Å². The van der Waals surface area contributed by atoms with Crippen molar-refractivity contribution in [3.63, 3.8) is 0 Å². The first-order valence-corrected chi connectivity index (χ1v) is 7.50. The first-order chi connectivity index (χ1) is 9.69. The lowest BCUT2D eigenvalue weighted by atomic mass is 9.98. The molecule has 4 heteroatoms. The Kier molecular flexibility index (Phi) is 3.57. The van der Waals surface area contributed by atoms with Gasteiger partial charge in [0.05, 0.1) is 17.6 Å². The average molecular weight is 290 g/mol. The lowest BCUT2D eigenvalue weighted by Gasteiger charge is -2.08. The Bertz CT molecular complexity index is 637. The zero-order valence-corrected chi connectivity index (χ0v) is 12.1. The molecule has 1 heterocycles. The number of carbonyl (C=O) groups is 1. The molecule has 0 unspecified atom stereocenters. The summed E-state index contributed by atoms with van der Waals surface area (Å²) in [5, 5.41) is 0. The Labute approximate surface area is 121 Å². The SMILES string of the molecule is COc1ccc(F)cc1C(=O)c1cc2c(s1)CCCC2. The Morgan fingerprint density at radius 1 is 1.25 bits per heavy atom. The van der Waals surface area contributed by atoms with Gasteiger partial charge in [0.15, 0.2) is 0 Å². The fraction of sp³-hybridized carbons (Fsp3) is 0.312. The second-order valence-electron chi connectivity index (χ2n) is 4.94. The normalized spacial score (nSPS) is 13.9. The third-order valence-corrected chi connectivity index (χ3v) is 4.86. The zero-order valence-electron chi connectivity index (χ0n) is 11.2. The van der Waals surface area contributed by atoms with Crippen molar-refractivity contribution in [2.45, 2.75) is 25.7 Å². The Morgan fingerprint density at radius 2 is 2.05 bits per heavy atom. The monoisotopic (exact) mass is 290 g/mol. The summed E-state index contributed by atoms with van der Waals surface area (Å²) in [6, 6.07) is 6.01. The molecule has 104 valence electrons. The summed E-state index contributed by atoms with van der Waals surface area (Å²) in [4.78, 5) is 14.5. The Balaban J connectivity index is 2.00. The number of ketones is 1. The number of halogens is 1. The predicted octanol–water partition coefficient (Wildman–Crippen LogP) is 4.01. The van der Waals surface area contributed by atoms with Gasteiger partial charge < -0.3 is 4.74 Å². The minimum atomic E-state index is -0.421. The van der Waals surface area contributed by atoms with Crippen LogP contribution in [0, 0.1) is 5.82 Å². The van der Waals surface area contributed by atoms with Crippen molar-refractivity contribution < 1.29 is 13.9 Å². The van der Waals surface area contributed by atoms with Gasteiger partial charge in [0.2, 0.25) is 5.78 Å². The molecular weight excluding hydrogens is 275 g/mol. The van der Waals surface area contributed by atoms with Crippen LogP contribution in [0.2, 0.25) is 0 Å². The number of methoxy groups -OCH3 is 1. The second-order valence-corrected chi connectivity index (χ2v) is 6.08. The fourth-order valence-corrected chi connectivity index (χ4v) is 3.80. The molecule has 1 aliphatic rings. The van der Waals surface area contributed by atoms with Crippen molar-refractivity contribution in [2.24, 2.45) is 0 Å². The van der Waals surface area contributed by atoms with E-state index in [4.69, 9.17) is 4.74 Å². The molecule has 0 saturated carbocycles. The maximum absolute atomic E-state index is 13.4. The summed E-state index contributed by atoms with van der Waals surface area (Å²) in [6.45, 7) is 0. The van der Waals surface area contributed by atoms with Crippen LogP contribution >= 0.6 is 11.3 Å². The van der Waals surface area contributed by atoms with Crippen LogP contribution in [-0.4, -0.2) is 12.9 Å². The van der Waals surface area contributed by atoms with Crippen molar-refractivity contribution >= 4 is 17.1 Å². The van der Waals surface area contributed by atoms with Gasteiger partial charge in [-0.3, -0.25) is 4.79 Å². The van der Waals surface area contributed by atoms with E-state index in [2.05, 4.69) is 0 Å². The van der Waals surface area contributed by atoms with E-state index in [1.807, 2.05) is 6.07 Å². The van der Waals surface area contributed by atoms with Gasteiger partial charge in [0, 0.05) is 4.88 Å². The van der Waals surface area contributed by atoms with Crippen LogP contribution in [0.15, 0.2) is 24.3 Å². The van der Waals surface area contributed by atoms with Crippen molar-refractivity contribution in [1.29, 1.82) is 0 Å². The molecule has 0 atom stereocenters. The quantitative estimate of drug-likeness (QED) is 0.798. The van der Waals surface area contributed by atoms with Gasteiger partial charge >= 0.3 is 0 Å². The van der Waals surface area contributed by atoms with E-state index < -0.39 is 5.82 Å². The van der Waals surface area contributed by atoms with E-state index >= 15 is 0 Å². The maximum atomic E-state index is 13.4. The highest BCUT2D eigenvalue weighted by Gasteiger charge is 2.21. The number of carbonyl (C=O) groups excluding carboxylic acids is 1. The number of benzene rings is 1. The highest BCUT2D eigenvalue weighted by molar-refractivity contribution is 7.14. The summed E-state index contributed by atoms with van der Waals surface area (Å²) in [6.07, 6.45) is 4.46. The summed E-state index contributed by atoms with van der Waals surface area (Å²) in [5.41, 5.74) is 1.58. The van der Waals surface area contributed by atoms with Gasteiger partial charge in [0.1, 0.15) is 11.6 Å². The van der Waals surface area contributed by atoms with E-state index in [0.29, 0.717) is 16.2 Å². The molecule has 0 spiro atoms. The van der Waals surface area contributed by atoms with Crippen LogP contribution in [0.25, 0.3) is 0 Å². The molecule has 20 heavy (non-hydrogen) atoms. The van der Waals surface area contributed by atoms with Crippen molar-refractivity contribution in [3.05, 3.63) is 51.0 Å². The fourth-order valence-electron chi connectivity index (χ4n) is 2.59. The van der Waals surface area contributed by atoms with Crippen LogP contribution in [0.3, 0.4) is 0 Å². The third-order valence-electron chi connectivity index (χ3n) is 3.63. The molecule has 0 N–H and O–H groups in total. The van der Waals surface area contributed by atoms with Crippen molar-refractivity contribution in [1.82, 2.24) is 0 Å². The first-order valence-electron chi connectivity index (χ1n) is 6.69. The maximum Gasteiger partial charge on any atom is 0.206 e. The number of ether oxygens (including phenoxy) is 1. The van der Waals surface area contributed by atoms with E-state index in [-0.39, 0.29) is 5.78 Å². The molecule has 2 aromatic rings. The number of rotatable bonds is 3. The second kappa shape index (κ2) is 5.37. The molecule has 0 saturated heterocycles. The van der Waals surface area contributed by atoms with Gasteiger partial charge in [-0.2, -0.15) is 0 Å². The number of aryl methyl sites for hydroxylation is 2. The van der Waals surface area contributed by atoms with Gasteiger partial charge in [0.25, 0.3) is 0 Å². The Morgan fingerprint density at radius 3 is 2.80 bits per heavy atom. The van der Waals surface area contributed by atoms with Crippen LogP contribution in [0.4, 0.5) is 4.39 Å². The first kappa shape index (κ1) is 13.3. The number of hydrogen-bond donors (Lipinski definition) is 0. The van der Waals surface area contributed by atoms with Crippen molar-refractivity contribution in [3.8, 4) is 5.75 Å². The van der Waals surface area contributed by atoms with E-state index in [9.17, 15) is 9.18 Å². The van der Waals surface area contributed by atoms with E-state index in [1.165, 1.54) is 59.9 Å².